The Kier molecular flexibility index (Phi) is 4.65. The van der Waals surface area contributed by atoms with Crippen molar-refractivity contribution >= 4 is 28.5 Å². The number of aromatic amines is 2. The molecule has 4 rings (SSSR count). The number of pyridine rings is 1. The van der Waals surface area contributed by atoms with Gasteiger partial charge in [0.1, 0.15) is 11.7 Å². The minimum atomic E-state index is -1.12. The summed E-state index contributed by atoms with van der Waals surface area (Å²) < 4.78 is 1.35. The van der Waals surface area contributed by atoms with Gasteiger partial charge in [-0.1, -0.05) is 6.07 Å². The molecule has 0 bridgehead atoms. The molecule has 0 aromatic carbocycles. The molecule has 0 saturated carbocycles. The number of hydrogen-bond donors (Lipinski definition) is 4. The van der Waals surface area contributed by atoms with E-state index in [0.29, 0.717) is 5.82 Å². The molecule has 146 valence electrons. The van der Waals surface area contributed by atoms with Crippen LogP contribution in [0, 0.1) is 0 Å². The van der Waals surface area contributed by atoms with E-state index >= 15 is 0 Å². The van der Waals surface area contributed by atoms with Crippen molar-refractivity contribution in [2.24, 2.45) is 5.73 Å². The van der Waals surface area contributed by atoms with Crippen molar-refractivity contribution in [3.8, 4) is 5.82 Å². The fourth-order valence-electron chi connectivity index (χ4n) is 3.13. The number of nitrogens with zero attached hydrogens (tertiary/aromatic N) is 3. The molecule has 0 aliphatic carbocycles. The first kappa shape index (κ1) is 18.2. The number of nitrogens with one attached hydrogen (secondary N) is 3. The Morgan fingerprint density at radius 3 is 2.76 bits per heavy atom. The van der Waals surface area contributed by atoms with Crippen LogP contribution in [-0.4, -0.2) is 48.4 Å². The quantitative estimate of drug-likeness (QED) is 0.338. The first-order chi connectivity index (χ1) is 14.0. The minimum Gasteiger partial charge on any atom is -0.365 e. The topological polar surface area (TPSA) is 152 Å². The van der Waals surface area contributed by atoms with E-state index in [1.165, 1.54) is 16.9 Å². The van der Waals surface area contributed by atoms with E-state index < -0.39 is 23.6 Å². The summed E-state index contributed by atoms with van der Waals surface area (Å²) in [7, 11) is 0. The van der Waals surface area contributed by atoms with Crippen molar-refractivity contribution in [1.29, 1.82) is 0 Å². The molecule has 4 aromatic heterocycles. The third kappa shape index (κ3) is 3.50. The van der Waals surface area contributed by atoms with Gasteiger partial charge in [-0.15, -0.1) is 0 Å². The number of fused-ring (bicyclic) bond motifs is 1. The Bertz CT molecular complexity index is 1190. The zero-order valence-electron chi connectivity index (χ0n) is 15.1. The fourth-order valence-corrected chi connectivity index (χ4v) is 3.13. The molecule has 4 heterocycles. The van der Waals surface area contributed by atoms with Crippen molar-refractivity contribution in [2.75, 3.05) is 0 Å². The average molecular weight is 391 g/mol. The van der Waals surface area contributed by atoms with Gasteiger partial charge in [-0.05, 0) is 23.8 Å². The summed E-state index contributed by atoms with van der Waals surface area (Å²) in [5, 5.41) is 7.58. The number of primary amides is 1. The Labute approximate surface area is 164 Å². The van der Waals surface area contributed by atoms with Gasteiger partial charge in [0.05, 0.1) is 11.7 Å². The van der Waals surface area contributed by atoms with Gasteiger partial charge < -0.3 is 21.0 Å². The Morgan fingerprint density at radius 2 is 2.00 bits per heavy atom. The maximum Gasteiger partial charge on any atom is 0.287 e. The molecule has 0 aliphatic rings. The molecular weight excluding hydrogens is 374 g/mol. The van der Waals surface area contributed by atoms with E-state index in [4.69, 9.17) is 5.73 Å². The van der Waals surface area contributed by atoms with Gasteiger partial charge in [0.15, 0.2) is 5.82 Å². The number of H-pyrrole nitrogens is 2. The number of amides is 2. The number of nitrogens with two attached hydrogens (primary N) is 1. The lowest BCUT2D eigenvalue weighted by Crippen LogP contribution is -2.47. The molecule has 4 aromatic rings. The fraction of sp³-hybridized carbons (Fsp3) is 0.105. The van der Waals surface area contributed by atoms with Crippen LogP contribution in [0.1, 0.15) is 16.1 Å². The van der Waals surface area contributed by atoms with Crippen molar-refractivity contribution in [3.63, 3.8) is 0 Å². The summed E-state index contributed by atoms with van der Waals surface area (Å²) in [5.41, 5.74) is 6.98. The third-order valence-corrected chi connectivity index (χ3v) is 4.52. The van der Waals surface area contributed by atoms with Gasteiger partial charge in [-0.25, -0.2) is 9.67 Å². The van der Waals surface area contributed by atoms with E-state index in [1.54, 1.807) is 43.0 Å². The summed E-state index contributed by atoms with van der Waals surface area (Å²) in [5.74, 6) is -2.13. The highest BCUT2D eigenvalue weighted by molar-refractivity contribution is 6.38. The van der Waals surface area contributed by atoms with Crippen LogP contribution in [0.5, 0.6) is 0 Å². The van der Waals surface area contributed by atoms with Gasteiger partial charge in [0.2, 0.25) is 5.78 Å². The van der Waals surface area contributed by atoms with Crippen LogP contribution in [0.4, 0.5) is 0 Å². The third-order valence-electron chi connectivity index (χ3n) is 4.52. The van der Waals surface area contributed by atoms with Crippen LogP contribution in [0.15, 0.2) is 55.2 Å². The molecule has 5 N–H and O–H groups in total. The number of rotatable bonds is 7. The van der Waals surface area contributed by atoms with Crippen molar-refractivity contribution in [1.82, 2.24) is 30.0 Å². The molecule has 10 heteroatoms. The highest BCUT2D eigenvalue weighted by atomic mass is 16.2. The molecule has 1 unspecified atom stereocenters. The number of hydrogen-bond acceptors (Lipinski definition) is 5. The maximum absolute atomic E-state index is 12.9. The average Bonchev–Trinajstić information content (AvgIpc) is 3.45. The predicted molar refractivity (Wildman–Crippen MR) is 103 cm³/mol. The maximum atomic E-state index is 12.9. The van der Waals surface area contributed by atoms with Crippen molar-refractivity contribution in [3.05, 3.63) is 66.5 Å². The highest BCUT2D eigenvalue weighted by Gasteiger charge is 2.28. The first-order valence-electron chi connectivity index (χ1n) is 8.77. The van der Waals surface area contributed by atoms with E-state index in [0.717, 1.165) is 16.5 Å². The summed E-state index contributed by atoms with van der Waals surface area (Å²) in [6.45, 7) is 0. The number of ketones is 1. The molecule has 0 fully saturated rings. The van der Waals surface area contributed by atoms with Crippen LogP contribution >= 0.6 is 0 Å². The lowest BCUT2D eigenvalue weighted by atomic mass is 10.0. The van der Waals surface area contributed by atoms with Gasteiger partial charge in [-0.2, -0.15) is 5.10 Å². The smallest absolute Gasteiger partial charge is 0.287 e. The lowest BCUT2D eigenvalue weighted by molar-refractivity contribution is -0.137. The monoisotopic (exact) mass is 391 g/mol. The van der Waals surface area contributed by atoms with Crippen LogP contribution < -0.4 is 11.1 Å². The summed E-state index contributed by atoms with van der Waals surface area (Å²) in [6, 6.07) is 5.57. The number of carbonyl (C=O) groups excluding carboxylic acids is 3. The molecule has 0 saturated heterocycles. The first-order valence-corrected chi connectivity index (χ1v) is 8.77. The summed E-state index contributed by atoms with van der Waals surface area (Å²) >= 11 is 0. The normalized spacial score (nSPS) is 12.0. The van der Waals surface area contributed by atoms with E-state index in [-0.39, 0.29) is 12.1 Å². The Hall–Kier alpha value is -4.21. The van der Waals surface area contributed by atoms with Crippen molar-refractivity contribution in [2.45, 2.75) is 12.5 Å². The minimum absolute atomic E-state index is 0.100. The molecule has 1 atom stereocenters. The van der Waals surface area contributed by atoms with Gasteiger partial charge >= 0.3 is 0 Å². The second-order valence-corrected chi connectivity index (χ2v) is 6.37. The van der Waals surface area contributed by atoms with Crippen LogP contribution in [0.2, 0.25) is 0 Å². The second-order valence-electron chi connectivity index (χ2n) is 6.37. The van der Waals surface area contributed by atoms with E-state index in [2.05, 4.69) is 25.4 Å². The Morgan fingerprint density at radius 1 is 1.14 bits per heavy atom. The standard InChI is InChI=1S/C19H17N7O3/c20-18(28)17(27)13(7-11-8-23-14-10-21-9-12(11)14)25-19(29)15-4-6-24-26(15)16-3-1-2-5-22-16/h1-6,8-10,13,21,23H,7H2,(H2,20,28)(H,25,29). The molecule has 0 spiro atoms. The number of aromatic nitrogens is 5. The van der Waals surface area contributed by atoms with Gasteiger partial charge in [0.25, 0.3) is 11.8 Å². The molecule has 2 amide bonds. The molecule has 0 aliphatic heterocycles. The predicted octanol–water partition coefficient (Wildman–Crippen LogP) is 0.472. The zero-order chi connectivity index (χ0) is 20.4. The largest absolute Gasteiger partial charge is 0.365 e. The molecule has 0 radical (unpaired) electrons. The number of Topliss-reactive ketones (excluding diaryl/α,β-unsaturated/α-hetero) is 1. The Balaban J connectivity index is 1.61. The summed E-state index contributed by atoms with van der Waals surface area (Å²) in [6.07, 6.45) is 8.39. The van der Waals surface area contributed by atoms with Crippen LogP contribution in [0.3, 0.4) is 0 Å². The summed E-state index contributed by atoms with van der Waals surface area (Å²) in [4.78, 5) is 46.9. The lowest BCUT2D eigenvalue weighted by Gasteiger charge is -2.16. The zero-order valence-corrected chi connectivity index (χ0v) is 15.1. The van der Waals surface area contributed by atoms with Gasteiger partial charge in [-0.3, -0.25) is 14.4 Å². The SMILES string of the molecule is NC(=O)C(=O)C(Cc1c[nH]c2c[nH]cc12)NC(=O)c1ccnn1-c1ccccn1. The van der Waals surface area contributed by atoms with E-state index in [1.807, 2.05) is 0 Å². The van der Waals surface area contributed by atoms with Crippen molar-refractivity contribution < 1.29 is 14.4 Å². The van der Waals surface area contributed by atoms with Crippen LogP contribution in [-0.2, 0) is 16.0 Å². The van der Waals surface area contributed by atoms with Crippen LogP contribution in [0.25, 0.3) is 16.7 Å². The molecule has 29 heavy (non-hydrogen) atoms. The molecular formula is C19H17N7O3. The highest BCUT2D eigenvalue weighted by Crippen LogP contribution is 2.19. The van der Waals surface area contributed by atoms with E-state index in [9.17, 15) is 14.4 Å². The van der Waals surface area contributed by atoms with Gasteiger partial charge in [0, 0.05) is 36.6 Å². The second kappa shape index (κ2) is 7.43. The number of carbonyl (C=O) groups is 3. The molecule has 10 nitrogen and oxygen atoms in total.